The van der Waals surface area contributed by atoms with Gasteiger partial charge in [0, 0.05) is 29.9 Å². The number of fused-ring (bicyclic) bond motifs is 6. The zero-order valence-corrected chi connectivity index (χ0v) is 36.8. The van der Waals surface area contributed by atoms with Gasteiger partial charge in [-0.15, -0.1) is 12.4 Å². The molecule has 8 atom stereocenters. The minimum absolute atomic E-state index is 0. The number of aromatic amines is 1. The van der Waals surface area contributed by atoms with Gasteiger partial charge in [0.1, 0.15) is 23.5 Å². The molecule has 16 heteroatoms. The Kier molecular flexibility index (Phi) is 15.1. The first kappa shape index (κ1) is 47.8. The van der Waals surface area contributed by atoms with Gasteiger partial charge < -0.3 is 35.5 Å². The smallest absolute Gasteiger partial charge is 0.305 e. The number of aromatic hydroxyl groups is 1. The van der Waals surface area contributed by atoms with E-state index in [4.69, 9.17) is 4.74 Å². The number of carbonyl (C=O) groups excluding carboxylic acids is 2. The van der Waals surface area contributed by atoms with Gasteiger partial charge in [-0.1, -0.05) is 73.2 Å². The normalized spacial score (nSPS) is 30.6. The summed E-state index contributed by atoms with van der Waals surface area (Å²) in [4.78, 5) is 38.4. The Bertz CT molecular complexity index is 2250. The quantitative estimate of drug-likeness (QED) is 0.114. The molecule has 7 rings (SSSR count). The molecule has 0 spiro atoms. The zero-order valence-electron chi connectivity index (χ0n) is 34.3. The molecule has 1 aromatic heterocycles. The van der Waals surface area contributed by atoms with Crippen molar-refractivity contribution in [3.8, 4) is 5.75 Å². The van der Waals surface area contributed by atoms with Crippen molar-refractivity contribution in [2.75, 3.05) is 44.4 Å². The van der Waals surface area contributed by atoms with Crippen LogP contribution in [0.3, 0.4) is 0 Å². The number of Topliss-reactive ketones (excluding diaryl/α,β-unsaturated/α-hetero) is 1. The second-order valence-corrected chi connectivity index (χ2v) is 20.4. The predicted octanol–water partition coefficient (Wildman–Crippen LogP) is 4.81. The maximum Gasteiger partial charge on any atom is 0.305 e. The van der Waals surface area contributed by atoms with Crippen molar-refractivity contribution in [1.29, 1.82) is 0 Å². The number of alkyl halides is 1. The molecule has 0 unspecified atom stereocenters. The van der Waals surface area contributed by atoms with Crippen LogP contribution in [0.5, 0.6) is 5.75 Å². The summed E-state index contributed by atoms with van der Waals surface area (Å²) in [5, 5.41) is 44.9. The van der Waals surface area contributed by atoms with Crippen LogP contribution in [0.1, 0.15) is 64.0 Å². The average Bonchev–Trinajstić information content (AvgIpc) is 3.70. The number of aliphatic hydroxyl groups excluding tert-OH is 2. The third-order valence-corrected chi connectivity index (χ3v) is 16.4. The van der Waals surface area contributed by atoms with Gasteiger partial charge >= 0.3 is 4.87 Å². The first-order chi connectivity index (χ1) is 27.9. The SMILES string of the molecule is C[C@@H]1C[C@H]2[C@@H]3CCC4=CC(=O)C=C[C@]4(C)[C@@]3(F)[C@@H](O)C[C@]2(C)[C@@]1(O)C(=O)CO.Cl.O=c1[nH]c2c(O)ccc(CCNCCS(=O)(=O)CCCOCCc3ccccc3)c2s1. The molecule has 1 heterocycles. The summed E-state index contributed by atoms with van der Waals surface area (Å²) in [5.74, 6) is -1.86. The molecule has 330 valence electrons. The van der Waals surface area contributed by atoms with E-state index in [-0.39, 0.29) is 52.7 Å². The fraction of sp³-hybridized carbons (Fsp3) is 0.568. The third kappa shape index (κ3) is 8.96. The van der Waals surface area contributed by atoms with E-state index in [1.54, 1.807) is 39.0 Å². The van der Waals surface area contributed by atoms with Crippen LogP contribution in [-0.2, 0) is 37.0 Å². The molecule has 4 aliphatic carbocycles. The molecule has 0 amide bonds. The molecule has 0 radical (unpaired) electrons. The molecule has 0 saturated heterocycles. The van der Waals surface area contributed by atoms with Crippen LogP contribution < -0.4 is 10.2 Å². The number of hydrogen-bond acceptors (Lipinski definition) is 12. The Morgan fingerprint density at radius 1 is 1.05 bits per heavy atom. The molecule has 12 nitrogen and oxygen atoms in total. The van der Waals surface area contributed by atoms with Crippen LogP contribution in [-0.4, -0.2) is 107 Å². The Morgan fingerprint density at radius 2 is 1.78 bits per heavy atom. The van der Waals surface area contributed by atoms with E-state index >= 15 is 4.39 Å². The lowest BCUT2D eigenvalue weighted by molar-refractivity contribution is -0.219. The standard InChI is InChI=1S/C22H29FO5.C22H28N2O5S2.ClH/c1-12-8-16-15-5-4-13-9-14(25)6-7-19(13,2)21(15,23)17(26)10-20(16,3)22(12,28)18(27)11-24;25-19-8-7-18(21-20(19)24-22(26)30-21)9-11-23-12-16-31(27,28)15-4-13-29-14-10-17-5-2-1-3-6-17;/h6-7,9,12,15-17,24,26,28H,4-5,8,10-11H2,1-3H3;1-3,5-8,23,25H,4,9-16H2,(H,24,26);1H/t12-,15+,16+,17+,19+,20+,21+,22+;;/m1../s1. The summed E-state index contributed by atoms with van der Waals surface area (Å²) >= 11 is 1.07. The zero-order chi connectivity index (χ0) is 42.8. The number of ether oxygens (including phenoxy) is 1. The Hall–Kier alpha value is -3.28. The van der Waals surface area contributed by atoms with Gasteiger partial charge in [0.25, 0.3) is 0 Å². The molecular weight excluding hydrogens is 835 g/mol. The number of aromatic nitrogens is 1. The Labute approximate surface area is 360 Å². The summed E-state index contributed by atoms with van der Waals surface area (Å²) in [6.45, 7) is 6.47. The lowest BCUT2D eigenvalue weighted by Crippen LogP contribution is -2.69. The van der Waals surface area contributed by atoms with Crippen LogP contribution in [0.4, 0.5) is 4.39 Å². The highest BCUT2D eigenvalue weighted by molar-refractivity contribution is 7.91. The lowest BCUT2D eigenvalue weighted by Gasteiger charge is -2.62. The van der Waals surface area contributed by atoms with Crippen molar-refractivity contribution < 1.29 is 47.6 Å². The van der Waals surface area contributed by atoms with E-state index in [0.29, 0.717) is 69.5 Å². The van der Waals surface area contributed by atoms with Crippen molar-refractivity contribution >= 4 is 55.4 Å². The number of hydrogen-bond donors (Lipinski definition) is 6. The first-order valence-electron chi connectivity index (χ1n) is 20.5. The number of halogens is 2. The van der Waals surface area contributed by atoms with Crippen LogP contribution in [0.25, 0.3) is 10.2 Å². The lowest BCUT2D eigenvalue weighted by atomic mass is 9.44. The monoisotopic (exact) mass is 892 g/mol. The number of allylic oxidation sites excluding steroid dienone is 4. The number of rotatable bonds is 15. The van der Waals surface area contributed by atoms with Crippen LogP contribution in [0, 0.1) is 28.6 Å². The maximum absolute atomic E-state index is 16.9. The highest BCUT2D eigenvalue weighted by atomic mass is 35.5. The molecule has 4 aliphatic rings. The molecular formula is C44H58ClFN2O10S2. The van der Waals surface area contributed by atoms with Gasteiger partial charge in [-0.2, -0.15) is 0 Å². The second kappa shape index (κ2) is 19.0. The van der Waals surface area contributed by atoms with Gasteiger partial charge in [0.15, 0.2) is 27.1 Å². The molecule has 0 aliphatic heterocycles. The Morgan fingerprint density at radius 3 is 2.50 bits per heavy atom. The average molecular weight is 894 g/mol. The number of aliphatic hydroxyl groups is 3. The van der Waals surface area contributed by atoms with E-state index in [9.17, 15) is 43.2 Å². The number of benzene rings is 2. The highest BCUT2D eigenvalue weighted by Crippen LogP contribution is 2.70. The molecule has 6 N–H and O–H groups in total. The van der Waals surface area contributed by atoms with E-state index in [1.165, 1.54) is 17.7 Å². The van der Waals surface area contributed by atoms with Crippen molar-refractivity contribution in [3.63, 3.8) is 0 Å². The minimum atomic E-state index is -3.12. The number of phenolic OH excluding ortho intramolecular Hbond substituents is 1. The van der Waals surface area contributed by atoms with Crippen molar-refractivity contribution in [1.82, 2.24) is 10.3 Å². The van der Waals surface area contributed by atoms with Crippen molar-refractivity contribution in [3.05, 3.63) is 87.1 Å². The summed E-state index contributed by atoms with van der Waals surface area (Å²) in [6, 6.07) is 13.4. The topological polar surface area (TPSA) is 203 Å². The van der Waals surface area contributed by atoms with Crippen molar-refractivity contribution in [2.24, 2.45) is 28.6 Å². The van der Waals surface area contributed by atoms with Crippen LogP contribution in [0.15, 0.2) is 71.1 Å². The van der Waals surface area contributed by atoms with Crippen LogP contribution in [0.2, 0.25) is 0 Å². The van der Waals surface area contributed by atoms with E-state index < -0.39 is 62.3 Å². The summed E-state index contributed by atoms with van der Waals surface area (Å²) < 4.78 is 47.5. The van der Waals surface area contributed by atoms with Gasteiger partial charge in [-0.25, -0.2) is 12.8 Å². The van der Waals surface area contributed by atoms with E-state index in [2.05, 4.69) is 10.3 Å². The summed E-state index contributed by atoms with van der Waals surface area (Å²) in [5.41, 5.74) is -2.56. The molecule has 60 heavy (non-hydrogen) atoms. The second-order valence-electron chi connectivity index (χ2n) is 17.1. The van der Waals surface area contributed by atoms with Gasteiger partial charge in [0.05, 0.1) is 28.9 Å². The fourth-order valence-electron chi connectivity index (χ4n) is 10.5. The molecule has 3 saturated carbocycles. The number of carbonyl (C=O) groups is 2. The number of phenols is 1. The summed E-state index contributed by atoms with van der Waals surface area (Å²) in [6.07, 6.45) is 6.40. The molecule has 3 aromatic rings. The minimum Gasteiger partial charge on any atom is -0.506 e. The molecule has 0 bridgehead atoms. The van der Waals surface area contributed by atoms with Gasteiger partial charge in [0.2, 0.25) is 0 Å². The largest absolute Gasteiger partial charge is 0.506 e. The third-order valence-electron chi connectivity index (χ3n) is 13.7. The maximum atomic E-state index is 16.9. The highest BCUT2D eigenvalue weighted by Gasteiger charge is 2.75. The number of nitrogens with one attached hydrogen (secondary N) is 2. The van der Waals surface area contributed by atoms with Gasteiger partial charge in [-0.3, -0.25) is 14.4 Å². The number of sulfone groups is 1. The van der Waals surface area contributed by atoms with E-state index in [0.717, 1.165) is 28.0 Å². The predicted molar refractivity (Wildman–Crippen MR) is 232 cm³/mol. The van der Waals surface area contributed by atoms with Crippen LogP contribution >= 0.6 is 23.7 Å². The number of thiazole rings is 1. The Balaban J connectivity index is 0.000000225. The molecule has 2 aromatic carbocycles. The number of ketones is 2. The van der Waals surface area contributed by atoms with Crippen molar-refractivity contribution in [2.45, 2.75) is 83.1 Å². The fourth-order valence-corrected chi connectivity index (χ4v) is 12.6. The summed E-state index contributed by atoms with van der Waals surface area (Å²) in [7, 11) is -3.12. The van der Waals surface area contributed by atoms with Gasteiger partial charge in [-0.05, 0) is 99.6 Å². The van der Waals surface area contributed by atoms with E-state index in [1.807, 2.05) is 30.3 Å². The number of H-pyrrole nitrogens is 1. The molecule has 3 fully saturated rings. The first-order valence-corrected chi connectivity index (χ1v) is 23.1.